The summed E-state index contributed by atoms with van der Waals surface area (Å²) in [6.07, 6.45) is 0. The van der Waals surface area contributed by atoms with Crippen molar-refractivity contribution in [3.05, 3.63) is 86.5 Å². The van der Waals surface area contributed by atoms with Crippen molar-refractivity contribution in [1.82, 2.24) is 9.66 Å². The fraction of sp³-hybridized carbons (Fsp3) is 0.190. The van der Waals surface area contributed by atoms with Gasteiger partial charge in [0.25, 0.3) is 5.56 Å². The molecule has 0 fully saturated rings. The van der Waals surface area contributed by atoms with Crippen molar-refractivity contribution in [1.29, 1.82) is 0 Å². The van der Waals surface area contributed by atoms with Crippen LogP contribution in [0.5, 0.6) is 5.75 Å². The highest BCUT2D eigenvalue weighted by atomic mass is 79.9. The molecule has 1 heterocycles. The largest absolute Gasteiger partial charge is 0.497 e. The zero-order chi connectivity index (χ0) is 20.1. The van der Waals surface area contributed by atoms with Gasteiger partial charge in [0.05, 0.1) is 25.1 Å². The number of rotatable bonds is 6. The first-order valence-corrected chi connectivity index (χ1v) is 9.54. The molecule has 3 aromatic rings. The van der Waals surface area contributed by atoms with Crippen LogP contribution in [0.25, 0.3) is 0 Å². The van der Waals surface area contributed by atoms with Gasteiger partial charge in [-0.15, -0.1) is 0 Å². The molecule has 0 amide bonds. The Kier molecular flexibility index (Phi) is 6.26. The highest BCUT2D eigenvalue weighted by molar-refractivity contribution is 9.10. The maximum Gasteiger partial charge on any atom is 0.274 e. The third-order valence-electron chi connectivity index (χ3n) is 4.19. The van der Waals surface area contributed by atoms with Crippen molar-refractivity contribution in [3.63, 3.8) is 0 Å². The van der Waals surface area contributed by atoms with Gasteiger partial charge in [0, 0.05) is 16.2 Å². The lowest BCUT2D eigenvalue weighted by atomic mass is 10.1. The van der Waals surface area contributed by atoms with Gasteiger partial charge in [0.2, 0.25) is 0 Å². The molecular formula is C21H21BrN4O2. The highest BCUT2D eigenvalue weighted by Crippen LogP contribution is 2.15. The van der Waals surface area contributed by atoms with Gasteiger partial charge in [0.15, 0.2) is 0 Å². The minimum Gasteiger partial charge on any atom is -0.497 e. The van der Waals surface area contributed by atoms with Crippen LogP contribution in [0.1, 0.15) is 24.0 Å². The summed E-state index contributed by atoms with van der Waals surface area (Å²) in [5, 5.41) is 7.71. The summed E-state index contributed by atoms with van der Waals surface area (Å²) in [5.41, 5.74) is 3.04. The molecule has 144 valence electrons. The lowest BCUT2D eigenvalue weighted by Gasteiger charge is -2.10. The van der Waals surface area contributed by atoms with Crippen LogP contribution in [0.3, 0.4) is 0 Å². The maximum atomic E-state index is 12.5. The van der Waals surface area contributed by atoms with E-state index < -0.39 is 0 Å². The summed E-state index contributed by atoms with van der Waals surface area (Å²) in [7, 11) is 1.62. The minimum absolute atomic E-state index is 0.215. The highest BCUT2D eigenvalue weighted by Gasteiger charge is 2.06. The number of methoxy groups -OCH3 is 1. The van der Waals surface area contributed by atoms with Gasteiger partial charge in [-0.1, -0.05) is 15.9 Å². The van der Waals surface area contributed by atoms with Crippen LogP contribution in [0.15, 0.2) is 69.0 Å². The lowest BCUT2D eigenvalue weighted by Crippen LogP contribution is -2.22. The Hall–Kier alpha value is -2.93. The molecule has 0 aliphatic rings. The molecule has 1 N–H and O–H groups in total. The second kappa shape index (κ2) is 8.84. The van der Waals surface area contributed by atoms with Gasteiger partial charge in [-0.3, -0.25) is 4.79 Å². The zero-order valence-corrected chi connectivity index (χ0v) is 17.5. The van der Waals surface area contributed by atoms with Crippen molar-refractivity contribution in [2.75, 3.05) is 12.4 Å². The van der Waals surface area contributed by atoms with Gasteiger partial charge in [-0.25, -0.2) is 4.98 Å². The topological polar surface area (TPSA) is 68.5 Å². The quantitative estimate of drug-likeness (QED) is 0.582. The average molecular weight is 441 g/mol. The summed E-state index contributed by atoms with van der Waals surface area (Å²) in [4.78, 5) is 17.1. The predicted octanol–water partition coefficient (Wildman–Crippen LogP) is 4.21. The van der Waals surface area contributed by atoms with E-state index in [2.05, 4.69) is 31.3 Å². The van der Waals surface area contributed by atoms with E-state index in [-0.39, 0.29) is 5.56 Å². The number of ether oxygens (including phenoxy) is 1. The maximum absolute atomic E-state index is 12.5. The third-order valence-corrected chi connectivity index (χ3v) is 4.72. The van der Waals surface area contributed by atoms with Gasteiger partial charge in [-0.05, 0) is 67.9 Å². The molecule has 0 saturated carbocycles. The zero-order valence-electron chi connectivity index (χ0n) is 15.9. The Morgan fingerprint density at radius 2 is 1.86 bits per heavy atom. The van der Waals surface area contributed by atoms with Crippen LogP contribution in [0, 0.1) is 6.92 Å². The van der Waals surface area contributed by atoms with Crippen LogP contribution < -0.4 is 15.6 Å². The molecule has 0 aliphatic heterocycles. The van der Waals surface area contributed by atoms with Gasteiger partial charge in [0.1, 0.15) is 11.6 Å². The Bertz CT molecular complexity index is 1040. The smallest absolute Gasteiger partial charge is 0.274 e. The van der Waals surface area contributed by atoms with Gasteiger partial charge < -0.3 is 10.1 Å². The molecule has 0 aliphatic carbocycles. The SMILES string of the molecule is COc1ccc(C(C)=Nn2c(C)nc(CNc3ccc(Br)cc3)cc2=O)cc1. The van der Waals surface area contributed by atoms with Crippen LogP contribution in [0.4, 0.5) is 5.69 Å². The molecule has 1 aromatic heterocycles. The predicted molar refractivity (Wildman–Crippen MR) is 115 cm³/mol. The summed E-state index contributed by atoms with van der Waals surface area (Å²) in [6, 6.07) is 16.9. The number of hydrogen-bond acceptors (Lipinski definition) is 5. The molecule has 28 heavy (non-hydrogen) atoms. The number of halogens is 1. The van der Waals surface area contributed by atoms with E-state index in [0.717, 1.165) is 27.2 Å². The summed E-state index contributed by atoms with van der Waals surface area (Å²) < 4.78 is 7.50. The first-order chi connectivity index (χ1) is 13.5. The van der Waals surface area contributed by atoms with Crippen molar-refractivity contribution >= 4 is 27.3 Å². The van der Waals surface area contributed by atoms with E-state index in [1.54, 1.807) is 14.0 Å². The van der Waals surface area contributed by atoms with Crippen molar-refractivity contribution in [2.24, 2.45) is 5.10 Å². The standard InChI is InChI=1S/C21H21BrN4O2/c1-14(16-4-10-20(28-3)11-5-16)25-26-15(2)24-19(12-21(26)27)13-23-18-8-6-17(22)7-9-18/h4-12,23H,13H2,1-3H3. The summed E-state index contributed by atoms with van der Waals surface area (Å²) >= 11 is 3.41. The molecule has 7 heteroatoms. The van der Waals surface area contributed by atoms with Crippen LogP contribution in [0.2, 0.25) is 0 Å². The van der Waals surface area contributed by atoms with Crippen LogP contribution in [-0.2, 0) is 6.54 Å². The number of nitrogens with zero attached hydrogens (tertiary/aromatic N) is 3. The summed E-state index contributed by atoms with van der Waals surface area (Å²) in [5.74, 6) is 1.31. The average Bonchev–Trinajstić information content (AvgIpc) is 2.70. The van der Waals surface area contributed by atoms with Crippen molar-refractivity contribution in [3.8, 4) is 5.75 Å². The van der Waals surface area contributed by atoms with E-state index in [1.165, 1.54) is 10.7 Å². The van der Waals surface area contributed by atoms with Crippen LogP contribution >= 0.6 is 15.9 Å². The van der Waals surface area contributed by atoms with E-state index in [9.17, 15) is 4.79 Å². The third kappa shape index (κ3) is 4.86. The Labute approximate surface area is 172 Å². The normalized spacial score (nSPS) is 11.4. The summed E-state index contributed by atoms with van der Waals surface area (Å²) in [6.45, 7) is 4.09. The van der Waals surface area contributed by atoms with Crippen LogP contribution in [-0.4, -0.2) is 22.5 Å². The Balaban J connectivity index is 1.78. The number of aromatic nitrogens is 2. The molecule has 2 aromatic carbocycles. The molecule has 0 bridgehead atoms. The lowest BCUT2D eigenvalue weighted by molar-refractivity contribution is 0.415. The number of benzene rings is 2. The number of hydrogen-bond donors (Lipinski definition) is 1. The van der Waals surface area contributed by atoms with Gasteiger partial charge in [-0.2, -0.15) is 9.78 Å². The molecule has 0 radical (unpaired) electrons. The van der Waals surface area contributed by atoms with Crippen molar-refractivity contribution < 1.29 is 4.74 Å². The number of nitrogens with one attached hydrogen (secondary N) is 1. The van der Waals surface area contributed by atoms with Gasteiger partial charge >= 0.3 is 0 Å². The first-order valence-electron chi connectivity index (χ1n) is 8.75. The monoisotopic (exact) mass is 440 g/mol. The Morgan fingerprint density at radius 3 is 2.46 bits per heavy atom. The molecule has 0 unspecified atom stereocenters. The number of anilines is 1. The van der Waals surface area contributed by atoms with E-state index in [4.69, 9.17) is 4.74 Å². The molecular weight excluding hydrogens is 420 g/mol. The minimum atomic E-state index is -0.215. The first kappa shape index (κ1) is 19.8. The fourth-order valence-corrected chi connectivity index (χ4v) is 2.93. The molecule has 0 spiro atoms. The second-order valence-electron chi connectivity index (χ2n) is 6.22. The Morgan fingerprint density at radius 1 is 1.18 bits per heavy atom. The molecule has 6 nitrogen and oxygen atoms in total. The number of aryl methyl sites for hydroxylation is 1. The van der Waals surface area contributed by atoms with E-state index >= 15 is 0 Å². The van der Waals surface area contributed by atoms with Crippen molar-refractivity contribution in [2.45, 2.75) is 20.4 Å². The molecule has 3 rings (SSSR count). The second-order valence-corrected chi connectivity index (χ2v) is 7.13. The fourth-order valence-electron chi connectivity index (χ4n) is 2.66. The molecule has 0 atom stereocenters. The molecule has 0 saturated heterocycles. The van der Waals surface area contributed by atoms with E-state index in [0.29, 0.717) is 18.1 Å². The van der Waals surface area contributed by atoms with E-state index in [1.807, 2.05) is 55.5 Å².